The van der Waals surface area contributed by atoms with Crippen molar-refractivity contribution >= 4 is 25.6 Å². The van der Waals surface area contributed by atoms with Crippen LogP contribution in [0.3, 0.4) is 0 Å². The van der Waals surface area contributed by atoms with Crippen molar-refractivity contribution in [2.24, 2.45) is 5.92 Å². The third-order valence-corrected chi connectivity index (χ3v) is 5.47. The maximum absolute atomic E-state index is 12.0. The van der Waals surface area contributed by atoms with Crippen molar-refractivity contribution < 1.29 is 13.2 Å². The third-order valence-electron chi connectivity index (χ3n) is 4.22. The Morgan fingerprint density at radius 1 is 1.22 bits per heavy atom. The van der Waals surface area contributed by atoms with Crippen LogP contribution in [0.15, 0.2) is 24.3 Å². The molecule has 0 bridgehead atoms. The predicted molar refractivity (Wildman–Crippen MR) is 93.2 cm³/mol. The second-order valence-corrected chi connectivity index (χ2v) is 10.1. The van der Waals surface area contributed by atoms with Gasteiger partial charge in [-0.3, -0.25) is 4.79 Å². The minimum atomic E-state index is -3.55. The number of halogens is 1. The number of likely N-dealkylation sites (tertiary alicyclic amines) is 1. The number of carbonyl (C=O) groups excluding carboxylic acids is 1. The summed E-state index contributed by atoms with van der Waals surface area (Å²) in [5, 5.41) is 0. The van der Waals surface area contributed by atoms with Crippen molar-refractivity contribution in [1.29, 1.82) is 0 Å². The first-order valence-corrected chi connectivity index (χ1v) is 10.3. The first kappa shape index (κ1) is 18.3. The SMILES string of the molecule is CC(C)(C)c1ccc(CCN2CC(CS(=O)(=O)Cl)CC2=O)cc1. The number of rotatable bonds is 5. The van der Waals surface area contributed by atoms with Crippen molar-refractivity contribution in [1.82, 2.24) is 4.90 Å². The van der Waals surface area contributed by atoms with E-state index < -0.39 is 9.05 Å². The number of amides is 1. The van der Waals surface area contributed by atoms with E-state index in [2.05, 4.69) is 45.0 Å². The Balaban J connectivity index is 1.90. The van der Waals surface area contributed by atoms with Gasteiger partial charge < -0.3 is 4.90 Å². The standard InChI is InChI=1S/C17H24ClNO3S/c1-17(2,3)15-6-4-13(5-7-15)8-9-19-11-14(10-16(19)20)12-23(18,21)22/h4-7,14H,8-12H2,1-3H3. The van der Waals surface area contributed by atoms with Crippen LogP contribution in [0.4, 0.5) is 0 Å². The van der Waals surface area contributed by atoms with Crippen LogP contribution >= 0.6 is 10.7 Å². The van der Waals surface area contributed by atoms with E-state index in [1.807, 2.05) is 0 Å². The minimum absolute atomic E-state index is 0.0154. The van der Waals surface area contributed by atoms with E-state index in [4.69, 9.17) is 10.7 Å². The Labute approximate surface area is 143 Å². The molecular formula is C17H24ClNO3S. The summed E-state index contributed by atoms with van der Waals surface area (Å²) in [6.07, 6.45) is 1.05. The zero-order chi connectivity index (χ0) is 17.3. The number of carbonyl (C=O) groups is 1. The predicted octanol–water partition coefficient (Wildman–Crippen LogP) is 2.94. The number of benzene rings is 1. The lowest BCUT2D eigenvalue weighted by Crippen LogP contribution is -2.28. The topological polar surface area (TPSA) is 54.5 Å². The second kappa shape index (κ2) is 6.81. The molecule has 1 unspecified atom stereocenters. The van der Waals surface area contributed by atoms with Crippen molar-refractivity contribution in [3.05, 3.63) is 35.4 Å². The lowest BCUT2D eigenvalue weighted by molar-refractivity contribution is -0.127. The molecule has 128 valence electrons. The van der Waals surface area contributed by atoms with E-state index in [-0.39, 0.29) is 29.4 Å². The highest BCUT2D eigenvalue weighted by atomic mass is 35.7. The molecule has 2 rings (SSSR count). The van der Waals surface area contributed by atoms with Gasteiger partial charge in [0.15, 0.2) is 0 Å². The molecular weight excluding hydrogens is 334 g/mol. The van der Waals surface area contributed by atoms with E-state index in [1.165, 1.54) is 11.1 Å². The number of nitrogens with zero attached hydrogens (tertiary/aromatic N) is 1. The zero-order valence-electron chi connectivity index (χ0n) is 13.9. The minimum Gasteiger partial charge on any atom is -0.342 e. The fourth-order valence-electron chi connectivity index (χ4n) is 2.90. The summed E-state index contributed by atoms with van der Waals surface area (Å²) in [7, 11) is 1.73. The largest absolute Gasteiger partial charge is 0.342 e. The highest BCUT2D eigenvalue weighted by Gasteiger charge is 2.31. The summed E-state index contributed by atoms with van der Waals surface area (Å²) < 4.78 is 22.3. The fourth-order valence-corrected chi connectivity index (χ4v) is 4.22. The molecule has 1 amide bonds. The molecule has 1 aliphatic heterocycles. The fraction of sp³-hybridized carbons (Fsp3) is 0.588. The molecule has 1 aromatic carbocycles. The summed E-state index contributed by atoms with van der Waals surface area (Å²) in [6.45, 7) is 7.62. The average Bonchev–Trinajstić information content (AvgIpc) is 2.73. The van der Waals surface area contributed by atoms with Gasteiger partial charge in [0, 0.05) is 36.1 Å². The molecule has 23 heavy (non-hydrogen) atoms. The second-order valence-electron chi connectivity index (χ2n) is 7.31. The normalized spacial score (nSPS) is 19.4. The van der Waals surface area contributed by atoms with Crippen LogP contribution in [0.1, 0.15) is 38.3 Å². The van der Waals surface area contributed by atoms with E-state index >= 15 is 0 Å². The molecule has 1 aromatic rings. The van der Waals surface area contributed by atoms with Gasteiger partial charge in [0.05, 0.1) is 5.75 Å². The van der Waals surface area contributed by atoms with Gasteiger partial charge in [-0.25, -0.2) is 8.42 Å². The van der Waals surface area contributed by atoms with Crippen molar-refractivity contribution in [3.8, 4) is 0 Å². The van der Waals surface area contributed by atoms with Gasteiger partial charge in [-0.15, -0.1) is 0 Å². The van der Waals surface area contributed by atoms with Crippen LogP contribution in [-0.2, 0) is 25.7 Å². The van der Waals surface area contributed by atoms with Crippen LogP contribution in [0.5, 0.6) is 0 Å². The summed E-state index contributed by atoms with van der Waals surface area (Å²) in [4.78, 5) is 13.7. The van der Waals surface area contributed by atoms with E-state index in [9.17, 15) is 13.2 Å². The molecule has 0 radical (unpaired) electrons. The zero-order valence-corrected chi connectivity index (χ0v) is 15.5. The Morgan fingerprint density at radius 3 is 2.35 bits per heavy atom. The van der Waals surface area contributed by atoms with Crippen molar-refractivity contribution in [3.63, 3.8) is 0 Å². The van der Waals surface area contributed by atoms with Gasteiger partial charge in [0.25, 0.3) is 0 Å². The van der Waals surface area contributed by atoms with Crippen LogP contribution in [0, 0.1) is 5.92 Å². The van der Waals surface area contributed by atoms with Gasteiger partial charge in [0.2, 0.25) is 15.0 Å². The molecule has 1 heterocycles. The van der Waals surface area contributed by atoms with E-state index in [0.717, 1.165) is 6.42 Å². The molecule has 1 fully saturated rings. The quantitative estimate of drug-likeness (QED) is 0.761. The lowest BCUT2D eigenvalue weighted by atomic mass is 9.86. The smallest absolute Gasteiger partial charge is 0.232 e. The Bertz CT molecular complexity index is 662. The Kier molecular flexibility index (Phi) is 5.41. The van der Waals surface area contributed by atoms with Gasteiger partial charge in [-0.05, 0) is 23.0 Å². The maximum atomic E-state index is 12.0. The van der Waals surface area contributed by atoms with E-state index in [0.29, 0.717) is 13.1 Å². The molecule has 0 N–H and O–H groups in total. The number of hydrogen-bond acceptors (Lipinski definition) is 3. The highest BCUT2D eigenvalue weighted by Crippen LogP contribution is 2.23. The van der Waals surface area contributed by atoms with Crippen molar-refractivity contribution in [2.75, 3.05) is 18.8 Å². The Morgan fingerprint density at radius 2 is 1.83 bits per heavy atom. The lowest BCUT2D eigenvalue weighted by Gasteiger charge is -2.20. The molecule has 0 aliphatic carbocycles. The first-order chi connectivity index (χ1) is 10.5. The van der Waals surface area contributed by atoms with E-state index in [1.54, 1.807) is 4.90 Å². The Hall–Kier alpha value is -1.07. The van der Waals surface area contributed by atoms with Crippen molar-refractivity contribution in [2.45, 2.75) is 39.0 Å². The van der Waals surface area contributed by atoms with Gasteiger partial charge in [-0.1, -0.05) is 45.0 Å². The van der Waals surface area contributed by atoms with Crippen LogP contribution in [0.25, 0.3) is 0 Å². The third kappa shape index (κ3) is 5.50. The molecule has 6 heteroatoms. The monoisotopic (exact) mass is 357 g/mol. The van der Waals surface area contributed by atoms with Crippen LogP contribution in [0.2, 0.25) is 0 Å². The summed E-state index contributed by atoms with van der Waals surface area (Å²) in [5.74, 6) is -0.299. The van der Waals surface area contributed by atoms with Crippen LogP contribution in [-0.4, -0.2) is 38.1 Å². The van der Waals surface area contributed by atoms with Crippen LogP contribution < -0.4 is 0 Å². The molecule has 4 nitrogen and oxygen atoms in total. The molecule has 0 saturated carbocycles. The average molecular weight is 358 g/mol. The summed E-state index contributed by atoms with van der Waals surface area (Å²) >= 11 is 0. The molecule has 0 spiro atoms. The van der Waals surface area contributed by atoms with Gasteiger partial charge in [-0.2, -0.15) is 0 Å². The van der Waals surface area contributed by atoms with Gasteiger partial charge in [0.1, 0.15) is 0 Å². The summed E-state index contributed by atoms with van der Waals surface area (Å²) in [5.41, 5.74) is 2.59. The molecule has 1 aliphatic rings. The summed E-state index contributed by atoms with van der Waals surface area (Å²) in [6, 6.07) is 8.46. The molecule has 1 atom stereocenters. The van der Waals surface area contributed by atoms with Gasteiger partial charge >= 0.3 is 0 Å². The maximum Gasteiger partial charge on any atom is 0.232 e. The highest BCUT2D eigenvalue weighted by molar-refractivity contribution is 8.13. The molecule has 0 aromatic heterocycles. The first-order valence-electron chi connectivity index (χ1n) is 7.84. The number of hydrogen-bond donors (Lipinski definition) is 0. The molecule has 1 saturated heterocycles.